The lowest BCUT2D eigenvalue weighted by Gasteiger charge is -2.20. The van der Waals surface area contributed by atoms with E-state index in [4.69, 9.17) is 4.74 Å². The third kappa shape index (κ3) is 4.73. The summed E-state index contributed by atoms with van der Waals surface area (Å²) in [5.74, 6) is 1.39. The van der Waals surface area contributed by atoms with Crippen LogP contribution in [0.3, 0.4) is 0 Å². The van der Waals surface area contributed by atoms with Gasteiger partial charge in [0.15, 0.2) is 0 Å². The van der Waals surface area contributed by atoms with Crippen LogP contribution in [-0.4, -0.2) is 17.1 Å². The minimum atomic E-state index is 0.206. The summed E-state index contributed by atoms with van der Waals surface area (Å²) in [4.78, 5) is 4.13. The molecule has 96 valence electrons. The summed E-state index contributed by atoms with van der Waals surface area (Å²) < 4.78 is 5.94. The standard InChI is InChI=1S/C14H24N2O/c1-10(2)12(5)17-14-9-15-7-6-13(14)8-16-11(3)4/h6-7,9-12,16H,8H2,1-5H3. The molecule has 3 heteroatoms. The van der Waals surface area contributed by atoms with Crippen LogP contribution in [0.5, 0.6) is 5.75 Å². The van der Waals surface area contributed by atoms with Crippen molar-refractivity contribution in [3.63, 3.8) is 0 Å². The van der Waals surface area contributed by atoms with E-state index in [1.165, 1.54) is 5.56 Å². The topological polar surface area (TPSA) is 34.2 Å². The van der Waals surface area contributed by atoms with E-state index in [1.807, 2.05) is 12.3 Å². The van der Waals surface area contributed by atoms with Crippen LogP contribution in [0.1, 0.15) is 40.2 Å². The highest BCUT2D eigenvalue weighted by Gasteiger charge is 2.11. The molecule has 0 fully saturated rings. The number of hydrogen-bond acceptors (Lipinski definition) is 3. The molecule has 0 radical (unpaired) electrons. The second-order valence-corrected chi connectivity index (χ2v) is 5.09. The van der Waals surface area contributed by atoms with Crippen molar-refractivity contribution in [3.05, 3.63) is 24.0 Å². The minimum absolute atomic E-state index is 0.206. The zero-order chi connectivity index (χ0) is 12.8. The summed E-state index contributed by atoms with van der Waals surface area (Å²) in [5.41, 5.74) is 1.17. The number of aromatic nitrogens is 1. The molecule has 1 heterocycles. The van der Waals surface area contributed by atoms with Gasteiger partial charge in [0.1, 0.15) is 5.75 Å². The number of hydrogen-bond donors (Lipinski definition) is 1. The molecule has 0 aliphatic rings. The number of nitrogens with zero attached hydrogens (tertiary/aromatic N) is 1. The lowest BCUT2D eigenvalue weighted by Crippen LogP contribution is -2.24. The quantitative estimate of drug-likeness (QED) is 0.824. The monoisotopic (exact) mass is 236 g/mol. The average molecular weight is 236 g/mol. The molecule has 1 rings (SSSR count). The first-order valence-corrected chi connectivity index (χ1v) is 6.33. The Balaban J connectivity index is 2.70. The Hall–Kier alpha value is -1.09. The van der Waals surface area contributed by atoms with Crippen molar-refractivity contribution in [1.29, 1.82) is 0 Å². The summed E-state index contributed by atoms with van der Waals surface area (Å²) in [5, 5.41) is 3.40. The van der Waals surface area contributed by atoms with Crippen LogP contribution >= 0.6 is 0 Å². The van der Waals surface area contributed by atoms with Crippen LogP contribution in [0.2, 0.25) is 0 Å². The van der Waals surface area contributed by atoms with Crippen LogP contribution < -0.4 is 10.1 Å². The van der Waals surface area contributed by atoms with E-state index in [2.05, 4.69) is 44.9 Å². The molecule has 17 heavy (non-hydrogen) atoms. The highest BCUT2D eigenvalue weighted by molar-refractivity contribution is 5.29. The summed E-state index contributed by atoms with van der Waals surface area (Å²) in [6.45, 7) is 11.5. The molecular formula is C14H24N2O. The van der Waals surface area contributed by atoms with E-state index in [9.17, 15) is 0 Å². The largest absolute Gasteiger partial charge is 0.488 e. The van der Waals surface area contributed by atoms with Crippen LogP contribution in [0.4, 0.5) is 0 Å². The first kappa shape index (κ1) is 14.0. The molecule has 0 bridgehead atoms. The Morgan fingerprint density at radius 3 is 2.53 bits per heavy atom. The van der Waals surface area contributed by atoms with Crippen molar-refractivity contribution in [2.24, 2.45) is 5.92 Å². The Bertz CT molecular complexity index is 337. The van der Waals surface area contributed by atoms with E-state index < -0.39 is 0 Å². The number of ether oxygens (including phenoxy) is 1. The molecule has 0 amide bonds. The van der Waals surface area contributed by atoms with E-state index in [-0.39, 0.29) is 6.10 Å². The van der Waals surface area contributed by atoms with Gasteiger partial charge in [-0.2, -0.15) is 0 Å². The molecule has 0 spiro atoms. The van der Waals surface area contributed by atoms with Crippen molar-refractivity contribution in [3.8, 4) is 5.75 Å². The van der Waals surface area contributed by atoms with E-state index in [0.29, 0.717) is 12.0 Å². The molecule has 1 atom stereocenters. The van der Waals surface area contributed by atoms with Crippen molar-refractivity contribution in [2.75, 3.05) is 0 Å². The molecule has 0 saturated heterocycles. The predicted molar refractivity (Wildman–Crippen MR) is 71.1 cm³/mol. The van der Waals surface area contributed by atoms with Gasteiger partial charge in [-0.1, -0.05) is 27.7 Å². The van der Waals surface area contributed by atoms with Crippen LogP contribution in [-0.2, 0) is 6.54 Å². The summed E-state index contributed by atoms with van der Waals surface area (Å²) in [6, 6.07) is 2.48. The maximum absolute atomic E-state index is 5.94. The van der Waals surface area contributed by atoms with Crippen LogP contribution in [0.15, 0.2) is 18.5 Å². The fourth-order valence-electron chi connectivity index (χ4n) is 1.31. The van der Waals surface area contributed by atoms with Gasteiger partial charge in [0.2, 0.25) is 0 Å². The molecule has 1 aromatic rings. The molecule has 1 unspecified atom stereocenters. The number of pyridine rings is 1. The summed E-state index contributed by atoms with van der Waals surface area (Å²) in [7, 11) is 0. The second kappa shape index (κ2) is 6.60. The van der Waals surface area contributed by atoms with Gasteiger partial charge >= 0.3 is 0 Å². The highest BCUT2D eigenvalue weighted by Crippen LogP contribution is 2.20. The molecular weight excluding hydrogens is 212 g/mol. The van der Waals surface area contributed by atoms with Gasteiger partial charge in [-0.3, -0.25) is 4.98 Å². The van der Waals surface area contributed by atoms with Crippen molar-refractivity contribution >= 4 is 0 Å². The lowest BCUT2D eigenvalue weighted by atomic mass is 10.1. The molecule has 0 saturated carbocycles. The fourth-order valence-corrected chi connectivity index (χ4v) is 1.31. The van der Waals surface area contributed by atoms with Gasteiger partial charge in [0.25, 0.3) is 0 Å². The molecule has 1 N–H and O–H groups in total. The summed E-state index contributed by atoms with van der Waals surface area (Å²) >= 11 is 0. The zero-order valence-electron chi connectivity index (χ0n) is 11.5. The van der Waals surface area contributed by atoms with Gasteiger partial charge in [-0.15, -0.1) is 0 Å². The van der Waals surface area contributed by atoms with Crippen molar-refractivity contribution in [1.82, 2.24) is 10.3 Å². The minimum Gasteiger partial charge on any atom is -0.488 e. The van der Waals surface area contributed by atoms with Gasteiger partial charge in [0, 0.05) is 24.3 Å². The van der Waals surface area contributed by atoms with E-state index in [1.54, 1.807) is 6.20 Å². The Morgan fingerprint density at radius 1 is 1.24 bits per heavy atom. The summed E-state index contributed by atoms with van der Waals surface area (Å²) in [6.07, 6.45) is 3.82. The molecule has 3 nitrogen and oxygen atoms in total. The molecule has 0 aliphatic carbocycles. The molecule has 1 aromatic heterocycles. The maximum Gasteiger partial charge on any atom is 0.142 e. The highest BCUT2D eigenvalue weighted by atomic mass is 16.5. The maximum atomic E-state index is 5.94. The Morgan fingerprint density at radius 2 is 1.94 bits per heavy atom. The first-order valence-electron chi connectivity index (χ1n) is 6.33. The number of rotatable bonds is 6. The van der Waals surface area contributed by atoms with Gasteiger partial charge in [0.05, 0.1) is 12.3 Å². The third-order valence-electron chi connectivity index (χ3n) is 2.82. The third-order valence-corrected chi connectivity index (χ3v) is 2.82. The van der Waals surface area contributed by atoms with Crippen molar-refractivity contribution in [2.45, 2.75) is 53.3 Å². The second-order valence-electron chi connectivity index (χ2n) is 5.09. The fraction of sp³-hybridized carbons (Fsp3) is 0.643. The van der Waals surface area contributed by atoms with Crippen molar-refractivity contribution < 1.29 is 4.74 Å². The van der Waals surface area contributed by atoms with Gasteiger partial charge < -0.3 is 10.1 Å². The van der Waals surface area contributed by atoms with Crippen LogP contribution in [0, 0.1) is 5.92 Å². The SMILES string of the molecule is CC(C)NCc1ccncc1OC(C)C(C)C. The molecule has 0 aromatic carbocycles. The zero-order valence-corrected chi connectivity index (χ0v) is 11.5. The molecule has 0 aliphatic heterocycles. The smallest absolute Gasteiger partial charge is 0.142 e. The van der Waals surface area contributed by atoms with Gasteiger partial charge in [-0.05, 0) is 18.9 Å². The lowest BCUT2D eigenvalue weighted by molar-refractivity contribution is 0.168. The van der Waals surface area contributed by atoms with Crippen LogP contribution in [0.25, 0.3) is 0 Å². The predicted octanol–water partition coefficient (Wildman–Crippen LogP) is 3.00. The first-order chi connectivity index (χ1) is 8.00. The Labute approximate surface area is 105 Å². The number of nitrogens with one attached hydrogen (secondary N) is 1. The van der Waals surface area contributed by atoms with Gasteiger partial charge in [-0.25, -0.2) is 0 Å². The average Bonchev–Trinajstić information content (AvgIpc) is 2.27. The normalized spacial score (nSPS) is 13.1. The van der Waals surface area contributed by atoms with E-state index in [0.717, 1.165) is 12.3 Å². The Kier molecular flexibility index (Phi) is 5.42. The van der Waals surface area contributed by atoms with E-state index >= 15 is 0 Å².